The highest BCUT2D eigenvalue weighted by Gasteiger charge is 2.20. The molecule has 1 amide bonds. The number of hydrogen-bond acceptors (Lipinski definition) is 6. The van der Waals surface area contributed by atoms with E-state index in [4.69, 9.17) is 4.74 Å². The zero-order chi connectivity index (χ0) is 18.5. The highest BCUT2D eigenvalue weighted by Crippen LogP contribution is 2.16. The Morgan fingerprint density at radius 1 is 1.15 bits per heavy atom. The van der Waals surface area contributed by atoms with Crippen molar-refractivity contribution in [2.75, 3.05) is 31.6 Å². The van der Waals surface area contributed by atoms with Crippen LogP contribution in [0.15, 0.2) is 55.4 Å². The molecule has 8 heteroatoms. The van der Waals surface area contributed by atoms with Gasteiger partial charge in [0.25, 0.3) is 5.91 Å². The van der Waals surface area contributed by atoms with E-state index in [2.05, 4.69) is 20.3 Å². The maximum Gasteiger partial charge on any atom is 0.274 e. The number of rotatable bonds is 5. The summed E-state index contributed by atoms with van der Waals surface area (Å²) in [5.41, 5.74) is 2.46. The van der Waals surface area contributed by atoms with Crippen molar-refractivity contribution >= 4 is 11.7 Å². The topological polar surface area (TPSA) is 85.2 Å². The Balaban J connectivity index is 1.47. The van der Waals surface area contributed by atoms with Crippen LogP contribution in [-0.4, -0.2) is 56.6 Å². The van der Waals surface area contributed by atoms with Crippen molar-refractivity contribution in [3.8, 4) is 5.69 Å². The van der Waals surface area contributed by atoms with Gasteiger partial charge in [0.05, 0.1) is 37.6 Å². The van der Waals surface area contributed by atoms with Gasteiger partial charge in [-0.05, 0) is 11.6 Å². The lowest BCUT2D eigenvalue weighted by Crippen LogP contribution is -2.41. The number of hydrogen-bond donors (Lipinski definition) is 1. The Morgan fingerprint density at radius 3 is 2.81 bits per heavy atom. The molecular weight excluding hydrogens is 344 g/mol. The summed E-state index contributed by atoms with van der Waals surface area (Å²) in [6, 6.07) is 8.04. The summed E-state index contributed by atoms with van der Waals surface area (Å²) in [5.74, 6) is 0.447. The van der Waals surface area contributed by atoms with E-state index in [-0.39, 0.29) is 5.91 Å². The number of carbonyl (C=O) groups is 1. The highest BCUT2D eigenvalue weighted by atomic mass is 16.5. The molecule has 1 fully saturated rings. The molecule has 1 aliphatic heterocycles. The fraction of sp³-hybridized carbons (Fsp3) is 0.263. The normalized spacial score (nSPS) is 14.1. The third-order valence-corrected chi connectivity index (χ3v) is 4.39. The number of nitrogens with one attached hydrogen (secondary N) is 1. The number of para-hydroxylation sites is 1. The Bertz CT molecular complexity index is 906. The summed E-state index contributed by atoms with van der Waals surface area (Å²) in [7, 11) is 0. The lowest BCUT2D eigenvalue weighted by atomic mass is 10.1. The molecule has 0 bridgehead atoms. The van der Waals surface area contributed by atoms with E-state index < -0.39 is 0 Å². The Morgan fingerprint density at radius 2 is 2.00 bits per heavy atom. The van der Waals surface area contributed by atoms with Gasteiger partial charge in [0.1, 0.15) is 11.5 Å². The average molecular weight is 364 g/mol. The maximum atomic E-state index is 12.6. The highest BCUT2D eigenvalue weighted by molar-refractivity contribution is 5.92. The van der Waals surface area contributed by atoms with Crippen molar-refractivity contribution in [2.45, 2.75) is 6.54 Å². The summed E-state index contributed by atoms with van der Waals surface area (Å²) in [6.07, 6.45) is 8.54. The molecule has 3 heterocycles. The van der Waals surface area contributed by atoms with Gasteiger partial charge in [-0.2, -0.15) is 0 Å². The summed E-state index contributed by atoms with van der Waals surface area (Å²) < 4.78 is 7.25. The van der Waals surface area contributed by atoms with Crippen molar-refractivity contribution in [3.63, 3.8) is 0 Å². The van der Waals surface area contributed by atoms with Crippen LogP contribution in [0.25, 0.3) is 5.69 Å². The van der Waals surface area contributed by atoms with Crippen LogP contribution in [0.5, 0.6) is 0 Å². The number of imidazole rings is 1. The smallest absolute Gasteiger partial charge is 0.274 e. The lowest BCUT2D eigenvalue weighted by Gasteiger charge is -2.26. The number of nitrogens with zero attached hydrogens (tertiary/aromatic N) is 5. The quantitative estimate of drug-likeness (QED) is 0.742. The van der Waals surface area contributed by atoms with Crippen molar-refractivity contribution in [2.24, 2.45) is 0 Å². The van der Waals surface area contributed by atoms with Gasteiger partial charge >= 0.3 is 0 Å². The molecule has 138 valence electrons. The standard InChI is InChI=1S/C19H20N6O2/c26-19(24-7-9-27-10-8-24)16-12-21-13-18(23-16)22-11-15-3-1-2-4-17(15)25-6-5-20-14-25/h1-6,12-14H,7-11H2,(H,22,23). The SMILES string of the molecule is O=C(c1cncc(NCc2ccccc2-n2ccnc2)n1)N1CCOCC1. The minimum Gasteiger partial charge on any atom is -0.378 e. The third kappa shape index (κ3) is 3.95. The summed E-state index contributed by atoms with van der Waals surface area (Å²) in [4.78, 5) is 27.0. The molecule has 1 aliphatic rings. The molecule has 0 aliphatic carbocycles. The molecule has 0 spiro atoms. The van der Waals surface area contributed by atoms with E-state index in [9.17, 15) is 4.79 Å². The number of carbonyl (C=O) groups excluding carboxylic acids is 1. The van der Waals surface area contributed by atoms with Gasteiger partial charge in [0.15, 0.2) is 0 Å². The first-order valence-electron chi connectivity index (χ1n) is 8.80. The summed E-state index contributed by atoms with van der Waals surface area (Å²) >= 11 is 0. The van der Waals surface area contributed by atoms with E-state index in [1.54, 1.807) is 23.6 Å². The molecule has 1 aromatic carbocycles. The molecule has 0 atom stereocenters. The second-order valence-corrected chi connectivity index (χ2v) is 6.15. The molecule has 8 nitrogen and oxygen atoms in total. The van der Waals surface area contributed by atoms with Crippen LogP contribution in [0, 0.1) is 0 Å². The van der Waals surface area contributed by atoms with E-state index in [0.717, 1.165) is 11.3 Å². The number of ether oxygens (including phenoxy) is 1. The predicted molar refractivity (Wildman–Crippen MR) is 99.6 cm³/mol. The van der Waals surface area contributed by atoms with E-state index in [1.807, 2.05) is 35.0 Å². The van der Waals surface area contributed by atoms with Crippen molar-refractivity contribution in [1.29, 1.82) is 0 Å². The number of amides is 1. The number of benzene rings is 1. The molecule has 1 N–H and O–H groups in total. The van der Waals surface area contributed by atoms with Crippen LogP contribution in [0.3, 0.4) is 0 Å². The molecule has 27 heavy (non-hydrogen) atoms. The van der Waals surface area contributed by atoms with Crippen LogP contribution in [-0.2, 0) is 11.3 Å². The van der Waals surface area contributed by atoms with Gasteiger partial charge in [0.2, 0.25) is 0 Å². The van der Waals surface area contributed by atoms with Crippen LogP contribution >= 0.6 is 0 Å². The summed E-state index contributed by atoms with van der Waals surface area (Å²) in [5, 5.41) is 3.26. The van der Waals surface area contributed by atoms with Gasteiger partial charge in [-0.15, -0.1) is 0 Å². The van der Waals surface area contributed by atoms with Crippen LogP contribution < -0.4 is 5.32 Å². The second kappa shape index (κ2) is 7.96. The van der Waals surface area contributed by atoms with E-state index in [0.29, 0.717) is 44.4 Å². The fourth-order valence-corrected chi connectivity index (χ4v) is 2.98. The molecule has 2 aromatic heterocycles. The van der Waals surface area contributed by atoms with Crippen molar-refractivity contribution in [1.82, 2.24) is 24.4 Å². The Kier molecular flexibility index (Phi) is 5.06. The molecule has 1 saturated heterocycles. The monoisotopic (exact) mass is 364 g/mol. The zero-order valence-corrected chi connectivity index (χ0v) is 14.8. The van der Waals surface area contributed by atoms with Gasteiger partial charge in [-0.1, -0.05) is 18.2 Å². The number of aromatic nitrogens is 4. The zero-order valence-electron chi connectivity index (χ0n) is 14.8. The molecule has 3 aromatic rings. The third-order valence-electron chi connectivity index (χ3n) is 4.39. The van der Waals surface area contributed by atoms with E-state index >= 15 is 0 Å². The van der Waals surface area contributed by atoms with Crippen LogP contribution in [0.1, 0.15) is 16.1 Å². The van der Waals surface area contributed by atoms with E-state index in [1.165, 1.54) is 6.20 Å². The average Bonchev–Trinajstić information content (AvgIpc) is 3.27. The van der Waals surface area contributed by atoms with Crippen LogP contribution in [0.2, 0.25) is 0 Å². The number of morpholine rings is 1. The largest absolute Gasteiger partial charge is 0.378 e. The van der Waals surface area contributed by atoms with Gasteiger partial charge in [0, 0.05) is 32.0 Å². The minimum absolute atomic E-state index is 0.117. The molecule has 4 rings (SSSR count). The first-order chi connectivity index (χ1) is 13.3. The summed E-state index contributed by atoms with van der Waals surface area (Å²) in [6.45, 7) is 2.83. The maximum absolute atomic E-state index is 12.6. The molecule has 0 saturated carbocycles. The predicted octanol–water partition coefficient (Wildman–Crippen LogP) is 1.75. The molecule has 0 unspecified atom stereocenters. The van der Waals surface area contributed by atoms with Gasteiger partial charge in [-0.3, -0.25) is 9.78 Å². The van der Waals surface area contributed by atoms with Crippen molar-refractivity contribution < 1.29 is 9.53 Å². The Hall–Kier alpha value is -3.26. The second-order valence-electron chi connectivity index (χ2n) is 6.15. The lowest BCUT2D eigenvalue weighted by molar-refractivity contribution is 0.0299. The van der Waals surface area contributed by atoms with Crippen molar-refractivity contribution in [3.05, 3.63) is 66.6 Å². The van der Waals surface area contributed by atoms with Gasteiger partial charge in [-0.25, -0.2) is 9.97 Å². The number of anilines is 1. The minimum atomic E-state index is -0.117. The fourth-order valence-electron chi connectivity index (χ4n) is 2.98. The Labute approximate surface area is 156 Å². The molecular formula is C19H20N6O2. The first kappa shape index (κ1) is 17.2. The first-order valence-corrected chi connectivity index (χ1v) is 8.80. The van der Waals surface area contributed by atoms with Crippen LogP contribution in [0.4, 0.5) is 5.82 Å². The van der Waals surface area contributed by atoms with Gasteiger partial charge < -0.3 is 19.5 Å². The molecule has 0 radical (unpaired) electrons.